The third-order valence-corrected chi connectivity index (χ3v) is 4.15. The molecule has 2 aromatic heterocycles. The number of aromatic nitrogens is 4. The van der Waals surface area contributed by atoms with Gasteiger partial charge in [-0.3, -0.25) is 4.79 Å². The molecule has 3 heterocycles. The SMILES string of the molecule is Cc1nonc1CC(=O)N1CCCC[C@H]1c1nc(C(C)C)no1. The van der Waals surface area contributed by atoms with E-state index in [1.807, 2.05) is 18.7 Å². The van der Waals surface area contributed by atoms with Gasteiger partial charge < -0.3 is 9.42 Å². The van der Waals surface area contributed by atoms with Gasteiger partial charge >= 0.3 is 0 Å². The second-order valence-electron chi connectivity index (χ2n) is 6.22. The highest BCUT2D eigenvalue weighted by Crippen LogP contribution is 2.31. The minimum atomic E-state index is -0.156. The predicted molar refractivity (Wildman–Crippen MR) is 79.4 cm³/mol. The molecule has 1 aliphatic heterocycles. The van der Waals surface area contributed by atoms with E-state index < -0.39 is 0 Å². The lowest BCUT2D eigenvalue weighted by Crippen LogP contribution is -2.39. The molecular formula is C15H21N5O3. The van der Waals surface area contributed by atoms with Gasteiger partial charge in [0.1, 0.15) is 17.4 Å². The Bertz CT molecular complexity index is 678. The van der Waals surface area contributed by atoms with E-state index >= 15 is 0 Å². The van der Waals surface area contributed by atoms with Crippen LogP contribution in [0.15, 0.2) is 9.15 Å². The maximum Gasteiger partial charge on any atom is 0.249 e. The molecule has 0 aliphatic carbocycles. The Hall–Kier alpha value is -2.25. The van der Waals surface area contributed by atoms with E-state index in [4.69, 9.17) is 4.52 Å². The minimum absolute atomic E-state index is 0.0159. The van der Waals surface area contributed by atoms with E-state index in [1.165, 1.54) is 0 Å². The van der Waals surface area contributed by atoms with Crippen LogP contribution in [0.4, 0.5) is 0 Å². The average molecular weight is 319 g/mol. The van der Waals surface area contributed by atoms with Crippen molar-refractivity contribution in [1.29, 1.82) is 0 Å². The molecule has 1 atom stereocenters. The van der Waals surface area contributed by atoms with E-state index in [-0.39, 0.29) is 24.3 Å². The molecule has 0 bridgehead atoms. The van der Waals surface area contributed by atoms with Crippen LogP contribution >= 0.6 is 0 Å². The van der Waals surface area contributed by atoms with Crippen molar-refractivity contribution in [3.63, 3.8) is 0 Å². The number of likely N-dealkylation sites (tertiary alicyclic amines) is 1. The largest absolute Gasteiger partial charge is 0.337 e. The Morgan fingerprint density at radius 1 is 1.30 bits per heavy atom. The van der Waals surface area contributed by atoms with E-state index in [0.29, 0.717) is 29.6 Å². The maximum atomic E-state index is 12.7. The zero-order chi connectivity index (χ0) is 16.4. The van der Waals surface area contributed by atoms with Gasteiger partial charge in [-0.1, -0.05) is 29.3 Å². The van der Waals surface area contributed by atoms with Crippen LogP contribution in [0.1, 0.15) is 68.2 Å². The van der Waals surface area contributed by atoms with Crippen molar-refractivity contribution >= 4 is 5.91 Å². The van der Waals surface area contributed by atoms with Gasteiger partial charge in [0.25, 0.3) is 0 Å². The van der Waals surface area contributed by atoms with Crippen LogP contribution in [-0.2, 0) is 11.2 Å². The number of hydrogen-bond acceptors (Lipinski definition) is 7. The lowest BCUT2D eigenvalue weighted by Gasteiger charge is -2.33. The summed E-state index contributed by atoms with van der Waals surface area (Å²) in [5.74, 6) is 1.38. The highest BCUT2D eigenvalue weighted by Gasteiger charge is 2.32. The summed E-state index contributed by atoms with van der Waals surface area (Å²) >= 11 is 0. The first kappa shape index (κ1) is 15.6. The van der Waals surface area contributed by atoms with Gasteiger partial charge in [0.05, 0.1) is 6.42 Å². The summed E-state index contributed by atoms with van der Waals surface area (Å²) in [4.78, 5) is 18.9. The zero-order valence-electron chi connectivity index (χ0n) is 13.7. The summed E-state index contributed by atoms with van der Waals surface area (Å²) in [6, 6.07) is -0.156. The molecule has 8 heteroatoms. The van der Waals surface area contributed by atoms with Crippen molar-refractivity contribution in [2.75, 3.05) is 6.54 Å². The summed E-state index contributed by atoms with van der Waals surface area (Å²) in [6.45, 7) is 6.49. The van der Waals surface area contributed by atoms with Crippen molar-refractivity contribution in [1.82, 2.24) is 25.4 Å². The fourth-order valence-electron chi connectivity index (χ4n) is 2.76. The Morgan fingerprint density at radius 2 is 2.13 bits per heavy atom. The highest BCUT2D eigenvalue weighted by molar-refractivity contribution is 5.79. The lowest BCUT2D eigenvalue weighted by molar-refractivity contribution is -0.135. The Labute approximate surface area is 134 Å². The number of amides is 1. The third-order valence-electron chi connectivity index (χ3n) is 4.15. The number of nitrogens with zero attached hydrogens (tertiary/aromatic N) is 5. The number of carbonyl (C=O) groups is 1. The molecule has 1 saturated heterocycles. The van der Waals surface area contributed by atoms with E-state index in [9.17, 15) is 4.79 Å². The fraction of sp³-hybridized carbons (Fsp3) is 0.667. The first-order valence-corrected chi connectivity index (χ1v) is 7.97. The molecule has 23 heavy (non-hydrogen) atoms. The molecule has 3 rings (SSSR count). The molecule has 8 nitrogen and oxygen atoms in total. The van der Waals surface area contributed by atoms with Gasteiger partial charge in [0, 0.05) is 12.5 Å². The van der Waals surface area contributed by atoms with Crippen molar-refractivity contribution in [3.05, 3.63) is 23.1 Å². The van der Waals surface area contributed by atoms with Gasteiger partial charge in [-0.15, -0.1) is 0 Å². The second kappa shape index (κ2) is 6.47. The first-order valence-electron chi connectivity index (χ1n) is 7.97. The highest BCUT2D eigenvalue weighted by atomic mass is 16.6. The molecule has 1 amide bonds. The second-order valence-corrected chi connectivity index (χ2v) is 6.22. The Kier molecular flexibility index (Phi) is 4.40. The Balaban J connectivity index is 1.77. The molecule has 0 spiro atoms. The number of piperidine rings is 1. The van der Waals surface area contributed by atoms with Gasteiger partial charge in [-0.25, -0.2) is 4.63 Å². The molecule has 2 aromatic rings. The molecular weight excluding hydrogens is 298 g/mol. The Morgan fingerprint density at radius 3 is 2.78 bits per heavy atom. The summed E-state index contributed by atoms with van der Waals surface area (Å²) < 4.78 is 10.1. The molecule has 0 N–H and O–H groups in total. The predicted octanol–water partition coefficient (Wildman–Crippen LogP) is 2.18. The monoisotopic (exact) mass is 319 g/mol. The maximum absolute atomic E-state index is 12.7. The van der Waals surface area contributed by atoms with Crippen LogP contribution in [0.25, 0.3) is 0 Å². The standard InChI is InChI=1S/C15H21N5O3/c1-9(2)14-16-15(22-19-14)12-6-4-5-7-20(12)13(21)8-11-10(3)17-23-18-11/h9,12H,4-8H2,1-3H3/t12-/m0/s1. The first-order chi connectivity index (χ1) is 11.1. The smallest absolute Gasteiger partial charge is 0.249 e. The molecule has 0 unspecified atom stereocenters. The molecule has 1 aliphatic rings. The summed E-state index contributed by atoms with van der Waals surface area (Å²) in [6.07, 6.45) is 3.03. The van der Waals surface area contributed by atoms with Crippen LogP contribution in [0.3, 0.4) is 0 Å². The van der Waals surface area contributed by atoms with E-state index in [2.05, 4.69) is 25.1 Å². The normalized spacial score (nSPS) is 18.6. The fourth-order valence-corrected chi connectivity index (χ4v) is 2.76. The van der Waals surface area contributed by atoms with Crippen molar-refractivity contribution in [3.8, 4) is 0 Å². The van der Waals surface area contributed by atoms with Crippen LogP contribution in [-0.4, -0.2) is 37.8 Å². The number of carbonyl (C=O) groups excluding carboxylic acids is 1. The minimum Gasteiger partial charge on any atom is -0.337 e. The summed E-state index contributed by atoms with van der Waals surface area (Å²) in [5, 5.41) is 11.5. The summed E-state index contributed by atoms with van der Waals surface area (Å²) in [5.41, 5.74) is 1.22. The molecule has 0 radical (unpaired) electrons. The quantitative estimate of drug-likeness (QED) is 0.851. The van der Waals surface area contributed by atoms with Crippen LogP contribution in [0.2, 0.25) is 0 Å². The molecule has 124 valence electrons. The third kappa shape index (κ3) is 3.25. The van der Waals surface area contributed by atoms with Crippen molar-refractivity contribution in [2.45, 2.75) is 58.4 Å². The summed E-state index contributed by atoms with van der Waals surface area (Å²) in [7, 11) is 0. The molecule has 1 fully saturated rings. The molecule has 0 saturated carbocycles. The van der Waals surface area contributed by atoms with Gasteiger partial charge in [-0.2, -0.15) is 4.98 Å². The number of aryl methyl sites for hydroxylation is 1. The van der Waals surface area contributed by atoms with Crippen LogP contribution in [0.5, 0.6) is 0 Å². The zero-order valence-corrected chi connectivity index (χ0v) is 13.7. The van der Waals surface area contributed by atoms with Crippen molar-refractivity contribution < 1.29 is 13.9 Å². The van der Waals surface area contributed by atoms with Crippen LogP contribution in [0, 0.1) is 6.92 Å². The van der Waals surface area contributed by atoms with E-state index in [0.717, 1.165) is 19.3 Å². The topological polar surface area (TPSA) is 98.2 Å². The van der Waals surface area contributed by atoms with Gasteiger partial charge in [0.15, 0.2) is 5.82 Å². The van der Waals surface area contributed by atoms with Crippen molar-refractivity contribution in [2.24, 2.45) is 0 Å². The van der Waals surface area contributed by atoms with Gasteiger partial charge in [-0.05, 0) is 26.2 Å². The van der Waals surface area contributed by atoms with E-state index in [1.54, 1.807) is 6.92 Å². The lowest BCUT2D eigenvalue weighted by atomic mass is 10.0. The average Bonchev–Trinajstić information content (AvgIpc) is 3.17. The molecule has 0 aromatic carbocycles. The van der Waals surface area contributed by atoms with Gasteiger partial charge in [0.2, 0.25) is 11.8 Å². The van der Waals surface area contributed by atoms with Crippen LogP contribution < -0.4 is 0 Å². The number of hydrogen-bond donors (Lipinski definition) is 0. The number of rotatable bonds is 4.